The summed E-state index contributed by atoms with van der Waals surface area (Å²) in [6.07, 6.45) is -0.0313. The van der Waals surface area contributed by atoms with Gasteiger partial charge in [0.15, 0.2) is 0 Å². The summed E-state index contributed by atoms with van der Waals surface area (Å²) in [5.41, 5.74) is 5.99. The number of carbonyl (C=O) groups excluding carboxylic acids is 11. The second-order valence-electron chi connectivity index (χ2n) is 22.9. The Bertz CT molecular complexity index is 3090. The van der Waals surface area contributed by atoms with Gasteiger partial charge in [-0.3, -0.25) is 57.6 Å². The zero-order chi connectivity index (χ0) is 67.2. The molecule has 1 fully saturated rings. The van der Waals surface area contributed by atoms with Crippen molar-refractivity contribution in [3.8, 4) is 11.1 Å². The molecule has 0 unspecified atom stereocenters. The number of nitrogens with one attached hydrogen (secondary N) is 6. The highest BCUT2D eigenvalue weighted by Gasteiger charge is 2.39. The van der Waals surface area contributed by atoms with Gasteiger partial charge in [0, 0.05) is 74.8 Å². The number of halogens is 2. The second kappa shape index (κ2) is 34.5. The summed E-state index contributed by atoms with van der Waals surface area (Å²) in [7, 11) is 1.66. The van der Waals surface area contributed by atoms with Crippen LogP contribution in [0, 0.1) is 17.0 Å². The molecule has 30 heteroatoms. The lowest BCUT2D eigenvalue weighted by atomic mass is 9.82. The van der Waals surface area contributed by atoms with Crippen LogP contribution in [0.2, 0.25) is 0 Å². The Morgan fingerprint density at radius 2 is 1.33 bits per heavy atom. The van der Waals surface area contributed by atoms with Crippen molar-refractivity contribution in [1.82, 2.24) is 51.3 Å². The van der Waals surface area contributed by atoms with Crippen LogP contribution in [0.3, 0.4) is 0 Å². The topological polar surface area (TPSA) is 405 Å². The predicted molar refractivity (Wildman–Crippen MR) is 316 cm³/mol. The number of rotatable bonds is 36. The summed E-state index contributed by atoms with van der Waals surface area (Å²) in [5.74, 6) is -13.7. The normalized spacial score (nSPS) is 14.6. The summed E-state index contributed by atoms with van der Waals surface area (Å²) in [5, 5.41) is 43.9. The number of nitrogens with two attached hydrogens (primary N) is 1. The van der Waals surface area contributed by atoms with E-state index in [1.165, 1.54) is 18.7 Å². The van der Waals surface area contributed by atoms with Crippen molar-refractivity contribution >= 4 is 77.0 Å². The number of nitrogens with zero attached hydrogens (tertiary/aromatic N) is 4. The van der Waals surface area contributed by atoms with E-state index in [4.69, 9.17) is 15.7 Å². The number of carboxylic acids is 2. The molecule has 2 aromatic carbocycles. The monoisotopic (exact) mass is 1270 g/mol. The third-order valence-electron chi connectivity index (χ3n) is 14.7. The maximum atomic E-state index is 15.4. The van der Waals surface area contributed by atoms with E-state index in [0.29, 0.717) is 36.6 Å². The molecule has 1 aliphatic heterocycles. The molecule has 11 N–H and O–H groups in total. The van der Waals surface area contributed by atoms with Crippen molar-refractivity contribution in [2.24, 2.45) is 11.1 Å². The SMILES string of the molecule is C[C@H](NC(=O)[C@H](C)NC(=O)[C@H](C)N(C)CCCCCC(=O)ON1C(=O)CCC1=O)C(=O)N[C@@H](CC(=O)N[C@@H](CCN(C(=O)CO)[C@@H](c1cc(-c2cc(F)ccc2F)cn1Cc1ccccc1)C(C)(C)C)C(=O)NCCC(=O)N[C@@H](CCC(=O)O)C(=O)O)C(N)=O. The molecule has 0 aliphatic carbocycles. The highest BCUT2D eigenvalue weighted by Crippen LogP contribution is 2.41. The van der Waals surface area contributed by atoms with Crippen LogP contribution in [-0.2, 0) is 73.7 Å². The molecule has 492 valence electrons. The molecule has 0 spiro atoms. The van der Waals surface area contributed by atoms with E-state index >= 15 is 4.39 Å². The van der Waals surface area contributed by atoms with Gasteiger partial charge in [-0.05, 0) is 95.3 Å². The van der Waals surface area contributed by atoms with Crippen LogP contribution in [0.25, 0.3) is 11.1 Å². The van der Waals surface area contributed by atoms with Gasteiger partial charge in [-0.15, -0.1) is 5.06 Å². The molecule has 4 rings (SSSR count). The lowest BCUT2D eigenvalue weighted by molar-refractivity contribution is -0.197. The number of aromatic nitrogens is 1. The Labute approximate surface area is 518 Å². The minimum Gasteiger partial charge on any atom is -0.481 e. The average Bonchev–Trinajstić information content (AvgIpc) is 1.61. The van der Waals surface area contributed by atoms with Crippen LogP contribution in [0.1, 0.15) is 129 Å². The Kier molecular flexibility index (Phi) is 28.1. The van der Waals surface area contributed by atoms with E-state index in [-0.39, 0.29) is 36.9 Å². The van der Waals surface area contributed by atoms with Crippen LogP contribution < -0.4 is 37.6 Å². The molecule has 1 aliphatic rings. The van der Waals surface area contributed by atoms with Crippen molar-refractivity contribution in [3.05, 3.63) is 83.7 Å². The first-order chi connectivity index (χ1) is 42.3. The van der Waals surface area contributed by atoms with Crippen molar-refractivity contribution < 1.29 is 91.3 Å². The fourth-order valence-electron chi connectivity index (χ4n) is 9.62. The Morgan fingerprint density at radius 3 is 1.93 bits per heavy atom. The molecular weight excluding hydrogens is 1180 g/mol. The second-order valence-corrected chi connectivity index (χ2v) is 22.9. The van der Waals surface area contributed by atoms with Gasteiger partial charge in [-0.25, -0.2) is 18.4 Å². The van der Waals surface area contributed by atoms with Crippen LogP contribution in [0.15, 0.2) is 60.8 Å². The van der Waals surface area contributed by atoms with Gasteiger partial charge in [0.25, 0.3) is 11.8 Å². The molecule has 7 atom stereocenters. The van der Waals surface area contributed by atoms with Crippen molar-refractivity contribution in [3.63, 3.8) is 0 Å². The number of likely N-dealkylation sites (N-methyl/N-ethyl adjacent to an activating group) is 1. The van der Waals surface area contributed by atoms with E-state index < -0.39 is 188 Å². The fourth-order valence-corrected chi connectivity index (χ4v) is 9.62. The minimum absolute atomic E-state index is 0.0284. The number of benzene rings is 2. The summed E-state index contributed by atoms with van der Waals surface area (Å²) >= 11 is 0. The molecule has 1 aromatic heterocycles. The van der Waals surface area contributed by atoms with Crippen LogP contribution in [-0.4, -0.2) is 181 Å². The predicted octanol–water partition coefficient (Wildman–Crippen LogP) is 1.06. The van der Waals surface area contributed by atoms with Gasteiger partial charge >= 0.3 is 17.9 Å². The number of imide groups is 1. The molecule has 0 bridgehead atoms. The zero-order valence-electron chi connectivity index (χ0n) is 51.3. The van der Waals surface area contributed by atoms with E-state index in [1.54, 1.807) is 74.7 Å². The number of primary amides is 1. The third-order valence-corrected chi connectivity index (χ3v) is 14.7. The maximum absolute atomic E-state index is 15.4. The van der Waals surface area contributed by atoms with Gasteiger partial charge in [0.05, 0.1) is 18.5 Å². The van der Waals surface area contributed by atoms with Gasteiger partial charge in [0.2, 0.25) is 47.3 Å². The number of carboxylic acid groups (broad SMARTS) is 2. The number of carbonyl (C=O) groups is 13. The van der Waals surface area contributed by atoms with E-state index in [0.717, 1.165) is 23.8 Å². The molecule has 3 aromatic rings. The van der Waals surface area contributed by atoms with Crippen LogP contribution in [0.4, 0.5) is 8.78 Å². The zero-order valence-corrected chi connectivity index (χ0v) is 51.3. The highest BCUT2D eigenvalue weighted by atomic mass is 19.1. The Hall–Kier alpha value is -9.19. The fraction of sp³-hybridized carbons (Fsp3) is 0.517. The third kappa shape index (κ3) is 22.8. The number of aliphatic carboxylic acids is 2. The first kappa shape index (κ1) is 73.3. The van der Waals surface area contributed by atoms with Gasteiger partial charge in [-0.2, -0.15) is 0 Å². The number of aliphatic hydroxyl groups excluding tert-OH is 1. The quantitative estimate of drug-likeness (QED) is 0.0287. The molecule has 10 amide bonds. The maximum Gasteiger partial charge on any atom is 0.333 e. The molecule has 0 radical (unpaired) electrons. The molecule has 1 saturated heterocycles. The standard InChI is InChI=1S/C60H81F2N11O17/c1-34(66-57(86)36(3)70(7)26-13-9-12-16-52(82)90-73-48(77)20-21-49(73)78)55(84)65-35(2)56(85)69-44(54(63)83)30-47(76)67-42(58(87)64-25-23-46(75)68-43(59(88)89)19-22-51(80)81)24-27-72(50(79)33-74)53(60(4,5)6)45-28-38(40-29-39(61)17-18-41(40)62)32-71(45)31-37-14-10-8-11-15-37/h8,10-11,14-15,17-18,28-29,32,34-36,42-44,53,74H,9,12-13,16,19-27,30-31,33H2,1-7H3,(H2,63,83)(H,64,87)(H,65,84)(H,66,86)(H,67,76)(H,68,75)(H,69,85)(H,80,81)(H,88,89)/t34-,35-,36-,42-,43-,44-,53-/m0/s1. The smallest absolute Gasteiger partial charge is 0.333 e. The summed E-state index contributed by atoms with van der Waals surface area (Å²) in [6.45, 7) is 8.06. The number of hydroxylamine groups is 2. The number of aliphatic hydroxyl groups is 1. The average molecular weight is 1270 g/mol. The summed E-state index contributed by atoms with van der Waals surface area (Å²) in [6, 6.07) is 4.12. The molecule has 0 saturated carbocycles. The minimum atomic E-state index is -1.78. The summed E-state index contributed by atoms with van der Waals surface area (Å²) in [4.78, 5) is 174. The first-order valence-corrected chi connectivity index (χ1v) is 29.2. The molecule has 2 heterocycles. The number of hydrogen-bond acceptors (Lipinski definition) is 16. The van der Waals surface area contributed by atoms with E-state index in [1.807, 2.05) is 12.1 Å². The lowest BCUT2D eigenvalue weighted by Gasteiger charge is -2.41. The largest absolute Gasteiger partial charge is 0.481 e. The van der Waals surface area contributed by atoms with E-state index in [9.17, 15) is 76.9 Å². The van der Waals surface area contributed by atoms with Crippen molar-refractivity contribution in [1.29, 1.82) is 0 Å². The molecule has 90 heavy (non-hydrogen) atoms. The lowest BCUT2D eigenvalue weighted by Crippen LogP contribution is -2.57. The molecular formula is C60H81F2N11O17. The van der Waals surface area contributed by atoms with Crippen molar-refractivity contribution in [2.45, 2.75) is 161 Å². The Balaban J connectivity index is 1.49. The van der Waals surface area contributed by atoms with Crippen LogP contribution in [0.5, 0.6) is 0 Å². The number of hydrogen-bond donors (Lipinski definition) is 10. The van der Waals surface area contributed by atoms with Crippen molar-refractivity contribution in [2.75, 3.05) is 33.3 Å². The first-order valence-electron chi connectivity index (χ1n) is 29.2. The highest BCUT2D eigenvalue weighted by molar-refractivity contribution is 6.01. The van der Waals surface area contributed by atoms with E-state index in [2.05, 4.69) is 31.9 Å². The number of amides is 10. The number of unbranched alkanes of at least 4 members (excludes halogenated alkanes) is 2. The Morgan fingerprint density at radius 1 is 0.711 bits per heavy atom. The van der Waals surface area contributed by atoms with Gasteiger partial charge in [0.1, 0.15) is 48.5 Å². The van der Waals surface area contributed by atoms with Gasteiger partial charge < -0.3 is 67.3 Å². The van der Waals surface area contributed by atoms with Crippen LogP contribution >= 0.6 is 0 Å². The van der Waals surface area contributed by atoms with Gasteiger partial charge in [-0.1, -0.05) is 57.5 Å². The summed E-state index contributed by atoms with van der Waals surface area (Å²) < 4.78 is 31.8. The molecule has 28 nitrogen and oxygen atoms in total.